The highest BCUT2D eigenvalue weighted by Gasteiger charge is 2.13. The van der Waals surface area contributed by atoms with E-state index in [0.29, 0.717) is 0 Å². The normalized spacial score (nSPS) is 9.96. The van der Waals surface area contributed by atoms with Crippen molar-refractivity contribution in [3.05, 3.63) is 66.0 Å². The van der Waals surface area contributed by atoms with Gasteiger partial charge in [-0.15, -0.1) is 0 Å². The molecular formula is C21H23NO4. The number of rotatable bonds is 5. The molecule has 0 N–H and O–H groups in total. The molecule has 136 valence electrons. The predicted octanol–water partition coefficient (Wildman–Crippen LogP) is 2.06. The standard InChI is InChI=1S/C20H22NO2.CH2O2/c1-15-6-4-5-7-16(15)10-12-21-13-11-17-8-9-19(22-2)20(23-3)18(17)14-21;2-1-3/h4-9,11,13-14H,10,12H2,1-3H3;1H,(H,2,3)/q+1;/p-1. The number of pyridine rings is 1. The van der Waals surface area contributed by atoms with Gasteiger partial charge in [-0.05, 0) is 35.6 Å². The Balaban J connectivity index is 0.000000758. The summed E-state index contributed by atoms with van der Waals surface area (Å²) < 4.78 is 13.1. The average molecular weight is 353 g/mol. The molecule has 0 bridgehead atoms. The largest absolute Gasteiger partial charge is 0.554 e. The molecule has 3 rings (SSSR count). The summed E-state index contributed by atoms with van der Waals surface area (Å²) >= 11 is 0. The Labute approximate surface area is 153 Å². The molecule has 0 atom stereocenters. The van der Waals surface area contributed by atoms with Crippen LogP contribution in [0.15, 0.2) is 54.9 Å². The summed E-state index contributed by atoms with van der Waals surface area (Å²) in [7, 11) is 3.35. The van der Waals surface area contributed by atoms with Gasteiger partial charge in [-0.3, -0.25) is 0 Å². The Kier molecular flexibility index (Phi) is 6.97. The van der Waals surface area contributed by atoms with Crippen molar-refractivity contribution in [2.45, 2.75) is 19.9 Å². The third-order valence-corrected chi connectivity index (χ3v) is 4.26. The third-order valence-electron chi connectivity index (χ3n) is 4.26. The van der Waals surface area contributed by atoms with Crippen LogP contribution >= 0.6 is 0 Å². The van der Waals surface area contributed by atoms with Gasteiger partial charge in [0.25, 0.3) is 0 Å². The zero-order valence-electron chi connectivity index (χ0n) is 15.3. The van der Waals surface area contributed by atoms with E-state index in [9.17, 15) is 0 Å². The van der Waals surface area contributed by atoms with Crippen LogP contribution in [0.5, 0.6) is 11.5 Å². The van der Waals surface area contributed by atoms with Crippen LogP contribution < -0.4 is 19.1 Å². The zero-order chi connectivity index (χ0) is 18.9. The Hall–Kier alpha value is -3.08. The molecule has 0 unspecified atom stereocenters. The van der Waals surface area contributed by atoms with Gasteiger partial charge in [-0.1, -0.05) is 24.3 Å². The van der Waals surface area contributed by atoms with Crippen LogP contribution in [0.25, 0.3) is 10.8 Å². The summed E-state index contributed by atoms with van der Waals surface area (Å²) in [6, 6.07) is 14.7. The van der Waals surface area contributed by atoms with E-state index in [1.807, 2.05) is 6.07 Å². The van der Waals surface area contributed by atoms with E-state index in [2.05, 4.69) is 60.3 Å². The number of aromatic nitrogens is 1. The molecule has 0 radical (unpaired) electrons. The molecule has 0 saturated heterocycles. The molecule has 26 heavy (non-hydrogen) atoms. The monoisotopic (exact) mass is 353 g/mol. The molecule has 0 aliphatic rings. The molecule has 0 aliphatic carbocycles. The smallest absolute Gasteiger partial charge is 0.180 e. The van der Waals surface area contributed by atoms with E-state index in [1.54, 1.807) is 14.2 Å². The molecule has 3 aromatic rings. The van der Waals surface area contributed by atoms with Crippen molar-refractivity contribution >= 4 is 17.2 Å². The molecule has 5 nitrogen and oxygen atoms in total. The van der Waals surface area contributed by atoms with Crippen LogP contribution in [0.1, 0.15) is 11.1 Å². The van der Waals surface area contributed by atoms with Crippen molar-refractivity contribution in [3.63, 3.8) is 0 Å². The van der Waals surface area contributed by atoms with Crippen LogP contribution in [0.4, 0.5) is 0 Å². The fourth-order valence-electron chi connectivity index (χ4n) is 2.91. The number of carboxylic acid groups (broad SMARTS) is 1. The maximum absolute atomic E-state index is 8.25. The molecule has 0 amide bonds. The van der Waals surface area contributed by atoms with Crippen molar-refractivity contribution in [3.8, 4) is 11.5 Å². The number of methoxy groups -OCH3 is 2. The van der Waals surface area contributed by atoms with Crippen LogP contribution in [-0.2, 0) is 17.8 Å². The molecule has 1 aromatic heterocycles. The van der Waals surface area contributed by atoms with Gasteiger partial charge in [-0.25, -0.2) is 4.57 Å². The van der Waals surface area contributed by atoms with E-state index in [-0.39, 0.29) is 0 Å². The lowest BCUT2D eigenvalue weighted by Crippen LogP contribution is -2.33. The van der Waals surface area contributed by atoms with Gasteiger partial charge in [-0.2, -0.15) is 0 Å². The minimum atomic E-state index is -0.500. The maximum atomic E-state index is 8.25. The highest BCUT2D eigenvalue weighted by atomic mass is 16.5. The second-order valence-electron chi connectivity index (χ2n) is 5.76. The van der Waals surface area contributed by atoms with E-state index >= 15 is 0 Å². The minimum absolute atomic E-state index is 0.500. The Morgan fingerprint density at radius 1 is 1.08 bits per heavy atom. The molecule has 1 heterocycles. The SMILES string of the molecule is COc1ccc2cc[n+](CCc3ccccc3C)cc2c1OC.O=C[O-]. The first-order valence-corrected chi connectivity index (χ1v) is 8.28. The summed E-state index contributed by atoms with van der Waals surface area (Å²) in [5, 5.41) is 10.5. The van der Waals surface area contributed by atoms with E-state index in [4.69, 9.17) is 19.4 Å². The van der Waals surface area contributed by atoms with E-state index < -0.39 is 6.47 Å². The van der Waals surface area contributed by atoms with Gasteiger partial charge in [0.2, 0.25) is 0 Å². The highest BCUT2D eigenvalue weighted by molar-refractivity contribution is 5.89. The number of carbonyl (C=O) groups excluding carboxylic acids is 1. The summed E-state index contributed by atoms with van der Waals surface area (Å²) in [4.78, 5) is 8.25. The van der Waals surface area contributed by atoms with Crippen LogP contribution in [-0.4, -0.2) is 20.7 Å². The van der Waals surface area contributed by atoms with Gasteiger partial charge in [0, 0.05) is 19.0 Å². The van der Waals surface area contributed by atoms with Crippen molar-refractivity contribution in [1.29, 1.82) is 0 Å². The summed E-state index contributed by atoms with van der Waals surface area (Å²) in [6.07, 6.45) is 5.26. The Morgan fingerprint density at radius 2 is 1.81 bits per heavy atom. The van der Waals surface area contributed by atoms with Gasteiger partial charge in [0.05, 0.1) is 19.6 Å². The number of aryl methyl sites for hydroxylation is 3. The molecule has 0 fully saturated rings. The van der Waals surface area contributed by atoms with Crippen LogP contribution in [0.3, 0.4) is 0 Å². The fraction of sp³-hybridized carbons (Fsp3) is 0.238. The number of hydrogen-bond acceptors (Lipinski definition) is 4. The van der Waals surface area contributed by atoms with Crippen molar-refractivity contribution in [1.82, 2.24) is 0 Å². The Morgan fingerprint density at radius 3 is 2.46 bits per heavy atom. The molecule has 0 aliphatic heterocycles. The first kappa shape index (κ1) is 19.2. The first-order valence-electron chi connectivity index (χ1n) is 8.28. The summed E-state index contributed by atoms with van der Waals surface area (Å²) in [5.41, 5.74) is 2.73. The van der Waals surface area contributed by atoms with Gasteiger partial charge >= 0.3 is 0 Å². The van der Waals surface area contributed by atoms with E-state index in [0.717, 1.165) is 35.2 Å². The van der Waals surface area contributed by atoms with Gasteiger partial charge in [0.1, 0.15) is 0 Å². The lowest BCUT2D eigenvalue weighted by molar-refractivity contribution is -0.695. The first-order chi connectivity index (χ1) is 12.6. The average Bonchev–Trinajstić information content (AvgIpc) is 2.66. The van der Waals surface area contributed by atoms with Crippen molar-refractivity contribution in [2.24, 2.45) is 0 Å². The highest BCUT2D eigenvalue weighted by Crippen LogP contribution is 2.34. The van der Waals surface area contributed by atoms with Crippen LogP contribution in [0.2, 0.25) is 0 Å². The number of benzene rings is 2. The lowest BCUT2D eigenvalue weighted by Gasteiger charge is -2.10. The summed E-state index contributed by atoms with van der Waals surface area (Å²) in [5.74, 6) is 1.55. The van der Waals surface area contributed by atoms with E-state index in [1.165, 1.54) is 11.1 Å². The van der Waals surface area contributed by atoms with Gasteiger partial charge < -0.3 is 19.4 Å². The quantitative estimate of drug-likeness (QED) is 0.520. The third kappa shape index (κ3) is 4.51. The zero-order valence-corrected chi connectivity index (χ0v) is 15.3. The molecule has 0 spiro atoms. The summed E-state index contributed by atoms with van der Waals surface area (Å²) in [6.45, 7) is 2.59. The number of nitrogens with zero attached hydrogens (tertiary/aromatic N) is 1. The maximum Gasteiger partial charge on any atom is 0.180 e. The minimum Gasteiger partial charge on any atom is -0.554 e. The molecule has 0 saturated carbocycles. The number of carbonyl (C=O) groups is 1. The second-order valence-corrected chi connectivity index (χ2v) is 5.76. The topological polar surface area (TPSA) is 62.5 Å². The fourth-order valence-corrected chi connectivity index (χ4v) is 2.91. The van der Waals surface area contributed by atoms with Crippen LogP contribution in [0, 0.1) is 6.92 Å². The lowest BCUT2D eigenvalue weighted by atomic mass is 10.1. The Bertz CT molecular complexity index is 877. The molecular weight excluding hydrogens is 330 g/mol. The molecule has 2 aromatic carbocycles. The second kappa shape index (κ2) is 9.42. The number of hydrogen-bond donors (Lipinski definition) is 0. The van der Waals surface area contributed by atoms with Crippen molar-refractivity contribution < 1.29 is 23.9 Å². The number of fused-ring (bicyclic) bond motifs is 1. The van der Waals surface area contributed by atoms with Crippen molar-refractivity contribution in [2.75, 3.05) is 14.2 Å². The van der Waals surface area contributed by atoms with Gasteiger partial charge in [0.15, 0.2) is 30.4 Å². The predicted molar refractivity (Wildman–Crippen MR) is 98.2 cm³/mol. The number of ether oxygens (including phenoxy) is 2. The molecule has 5 heteroatoms.